The molecule has 1 N–H and O–H groups in total. The third-order valence-electron chi connectivity index (χ3n) is 2.78. The molecule has 18 heavy (non-hydrogen) atoms. The molecule has 0 amide bonds. The highest BCUT2D eigenvalue weighted by Crippen LogP contribution is 2.08. The number of rotatable bonds is 4. The van der Waals surface area contributed by atoms with Gasteiger partial charge in [0.1, 0.15) is 12.4 Å². The van der Waals surface area contributed by atoms with Crippen LogP contribution in [0.4, 0.5) is 0 Å². The average molecular weight is 244 g/mol. The van der Waals surface area contributed by atoms with E-state index in [1.54, 1.807) is 7.11 Å². The summed E-state index contributed by atoms with van der Waals surface area (Å²) < 4.78 is 4.96. The summed E-state index contributed by atoms with van der Waals surface area (Å²) in [7, 11) is 1.58. The van der Waals surface area contributed by atoms with Crippen LogP contribution in [0, 0.1) is 6.92 Å². The lowest BCUT2D eigenvalue weighted by atomic mass is 10.1. The van der Waals surface area contributed by atoms with Crippen molar-refractivity contribution in [3.8, 4) is 0 Å². The molecular formula is C14H16N2O2. The predicted octanol–water partition coefficient (Wildman–Crippen LogP) is 1.82. The normalized spacial score (nSPS) is 10.6. The number of nitrogens with one attached hydrogen (secondary N) is 1. The lowest BCUT2D eigenvalue weighted by Gasteiger charge is -2.06. The lowest BCUT2D eigenvalue weighted by molar-refractivity contribution is 0.177. The Labute approximate surface area is 106 Å². The summed E-state index contributed by atoms with van der Waals surface area (Å²) in [6.45, 7) is 2.17. The van der Waals surface area contributed by atoms with Gasteiger partial charge in [0.2, 0.25) is 0 Å². The van der Waals surface area contributed by atoms with Gasteiger partial charge in [-0.05, 0) is 12.5 Å². The van der Waals surface area contributed by atoms with Crippen LogP contribution in [0.3, 0.4) is 0 Å². The van der Waals surface area contributed by atoms with Gasteiger partial charge >= 0.3 is 0 Å². The summed E-state index contributed by atoms with van der Waals surface area (Å²) in [6, 6.07) is 9.89. The minimum atomic E-state index is -0.0848. The number of hydrogen-bond donors (Lipinski definition) is 1. The molecule has 0 fully saturated rings. The van der Waals surface area contributed by atoms with Crippen LogP contribution in [-0.4, -0.2) is 17.1 Å². The highest BCUT2D eigenvalue weighted by atomic mass is 16.5. The number of hydrogen-bond acceptors (Lipinski definition) is 3. The number of aromatic nitrogens is 2. The molecule has 0 radical (unpaired) electrons. The van der Waals surface area contributed by atoms with Crippen LogP contribution in [0.25, 0.3) is 0 Å². The van der Waals surface area contributed by atoms with Crippen molar-refractivity contribution in [1.29, 1.82) is 0 Å². The van der Waals surface area contributed by atoms with Crippen molar-refractivity contribution in [2.24, 2.45) is 0 Å². The van der Waals surface area contributed by atoms with Crippen molar-refractivity contribution in [2.75, 3.05) is 7.11 Å². The van der Waals surface area contributed by atoms with Gasteiger partial charge in [0.25, 0.3) is 5.56 Å². The molecule has 1 heterocycles. The van der Waals surface area contributed by atoms with Crippen LogP contribution in [0.2, 0.25) is 0 Å². The molecule has 0 unspecified atom stereocenters. The van der Waals surface area contributed by atoms with E-state index >= 15 is 0 Å². The Balaban J connectivity index is 2.32. The zero-order chi connectivity index (χ0) is 13.0. The van der Waals surface area contributed by atoms with Crippen LogP contribution in [0.15, 0.2) is 35.1 Å². The first-order valence-corrected chi connectivity index (χ1v) is 5.82. The molecule has 94 valence electrons. The number of nitrogens with zero attached hydrogens (tertiary/aromatic N) is 1. The second-order valence-corrected chi connectivity index (χ2v) is 4.17. The summed E-state index contributed by atoms with van der Waals surface area (Å²) in [6.07, 6.45) is 0.599. The summed E-state index contributed by atoms with van der Waals surface area (Å²) in [4.78, 5) is 19.1. The number of methoxy groups -OCH3 is 1. The van der Waals surface area contributed by atoms with Gasteiger partial charge < -0.3 is 9.72 Å². The van der Waals surface area contributed by atoms with Crippen molar-refractivity contribution >= 4 is 0 Å². The van der Waals surface area contributed by atoms with Gasteiger partial charge in [-0.3, -0.25) is 4.79 Å². The van der Waals surface area contributed by atoms with Gasteiger partial charge in [-0.2, -0.15) is 0 Å². The Hall–Kier alpha value is -1.94. The van der Waals surface area contributed by atoms with Crippen molar-refractivity contribution in [3.63, 3.8) is 0 Å². The Bertz CT molecular complexity index is 576. The Kier molecular flexibility index (Phi) is 3.89. The Morgan fingerprint density at radius 1 is 1.28 bits per heavy atom. The van der Waals surface area contributed by atoms with E-state index in [-0.39, 0.29) is 5.56 Å². The number of benzene rings is 1. The van der Waals surface area contributed by atoms with E-state index in [4.69, 9.17) is 4.74 Å². The maximum Gasteiger partial charge on any atom is 0.254 e. The summed E-state index contributed by atoms with van der Waals surface area (Å²) in [5.41, 5.74) is 2.49. The smallest absolute Gasteiger partial charge is 0.254 e. The van der Waals surface area contributed by atoms with Crippen molar-refractivity contribution in [1.82, 2.24) is 9.97 Å². The van der Waals surface area contributed by atoms with Gasteiger partial charge in [-0.1, -0.05) is 30.3 Å². The molecule has 0 spiro atoms. The summed E-state index contributed by atoms with van der Waals surface area (Å²) in [5.74, 6) is 0.566. The zero-order valence-corrected chi connectivity index (χ0v) is 10.6. The van der Waals surface area contributed by atoms with Crippen LogP contribution in [0.1, 0.15) is 22.6 Å². The van der Waals surface area contributed by atoms with Gasteiger partial charge in [-0.15, -0.1) is 0 Å². The molecule has 4 nitrogen and oxygen atoms in total. The van der Waals surface area contributed by atoms with Crippen LogP contribution in [-0.2, 0) is 17.8 Å². The minimum Gasteiger partial charge on any atom is -0.377 e. The van der Waals surface area contributed by atoms with Crippen LogP contribution >= 0.6 is 0 Å². The number of H-pyrrole nitrogens is 1. The first kappa shape index (κ1) is 12.5. The molecule has 0 saturated carbocycles. The van der Waals surface area contributed by atoms with E-state index in [9.17, 15) is 4.79 Å². The largest absolute Gasteiger partial charge is 0.377 e. The van der Waals surface area contributed by atoms with Gasteiger partial charge in [-0.25, -0.2) is 4.98 Å². The number of aromatic amines is 1. The quantitative estimate of drug-likeness (QED) is 0.892. The second-order valence-electron chi connectivity index (χ2n) is 4.17. The highest BCUT2D eigenvalue weighted by molar-refractivity contribution is 5.26. The molecule has 2 aromatic rings. The molecular weight excluding hydrogens is 228 g/mol. The molecule has 0 aliphatic rings. The fourth-order valence-electron chi connectivity index (χ4n) is 1.88. The molecule has 0 aliphatic carbocycles. The Morgan fingerprint density at radius 2 is 2.00 bits per heavy atom. The average Bonchev–Trinajstić information content (AvgIpc) is 2.36. The van der Waals surface area contributed by atoms with Crippen LogP contribution < -0.4 is 5.56 Å². The fraction of sp³-hybridized carbons (Fsp3) is 0.286. The minimum absolute atomic E-state index is 0.0848. The first-order valence-electron chi connectivity index (χ1n) is 5.82. The van der Waals surface area contributed by atoms with Gasteiger partial charge in [0, 0.05) is 24.8 Å². The Morgan fingerprint density at radius 3 is 2.61 bits per heavy atom. The molecule has 1 aromatic carbocycles. The molecule has 0 aliphatic heterocycles. The van der Waals surface area contributed by atoms with Crippen molar-refractivity contribution < 1.29 is 4.74 Å². The number of aryl methyl sites for hydroxylation is 1. The maximum atomic E-state index is 12.0. The molecule has 0 saturated heterocycles. The lowest BCUT2D eigenvalue weighted by Crippen LogP contribution is -2.19. The zero-order valence-electron chi connectivity index (χ0n) is 10.6. The monoisotopic (exact) mass is 244 g/mol. The van der Waals surface area contributed by atoms with E-state index in [1.165, 1.54) is 0 Å². The fourth-order valence-corrected chi connectivity index (χ4v) is 1.88. The second kappa shape index (κ2) is 5.60. The first-order chi connectivity index (χ1) is 8.70. The van der Waals surface area contributed by atoms with Crippen LogP contribution in [0.5, 0.6) is 0 Å². The molecule has 0 bridgehead atoms. The topological polar surface area (TPSA) is 55.0 Å². The third kappa shape index (κ3) is 2.84. The third-order valence-corrected chi connectivity index (χ3v) is 2.78. The van der Waals surface area contributed by atoms with Crippen molar-refractivity contribution in [2.45, 2.75) is 20.0 Å². The standard InChI is InChI=1S/C14H16N2O2/c1-10-12(8-11-6-4-3-5-7-11)14(17)16-13(15-10)9-18-2/h3-7H,8-9H2,1-2H3,(H,15,16,17). The molecule has 1 aromatic heterocycles. The molecule has 0 atom stereocenters. The van der Waals surface area contributed by atoms with E-state index < -0.39 is 0 Å². The van der Waals surface area contributed by atoms with Gasteiger partial charge in [0.05, 0.1) is 0 Å². The summed E-state index contributed by atoms with van der Waals surface area (Å²) >= 11 is 0. The van der Waals surface area contributed by atoms with Crippen molar-refractivity contribution in [3.05, 3.63) is 63.3 Å². The predicted molar refractivity (Wildman–Crippen MR) is 69.6 cm³/mol. The van der Waals surface area contributed by atoms with E-state index in [0.717, 1.165) is 11.3 Å². The summed E-state index contributed by atoms with van der Waals surface area (Å²) in [5, 5.41) is 0. The SMILES string of the molecule is COCc1nc(C)c(Cc2ccccc2)c(=O)[nH]1. The molecule has 2 rings (SSSR count). The highest BCUT2D eigenvalue weighted by Gasteiger charge is 2.08. The van der Waals surface area contributed by atoms with E-state index in [0.29, 0.717) is 24.4 Å². The maximum absolute atomic E-state index is 12.0. The molecule has 4 heteroatoms. The number of ether oxygens (including phenoxy) is 1. The van der Waals surface area contributed by atoms with Gasteiger partial charge in [0.15, 0.2) is 0 Å². The van der Waals surface area contributed by atoms with E-state index in [1.807, 2.05) is 37.3 Å². The van der Waals surface area contributed by atoms with E-state index in [2.05, 4.69) is 9.97 Å².